The molecule has 2 unspecified atom stereocenters. The number of fused-ring (bicyclic) bond motifs is 1. The third-order valence-corrected chi connectivity index (χ3v) is 7.11. The molecule has 28 heavy (non-hydrogen) atoms. The Labute approximate surface area is 174 Å². The number of hydrogen-bond acceptors (Lipinski definition) is 7. The minimum atomic E-state index is -1.57. The fraction of sp³-hybridized carbons (Fsp3) is 0.200. The van der Waals surface area contributed by atoms with Gasteiger partial charge in [-0.1, -0.05) is 24.3 Å². The Hall–Kier alpha value is -2.10. The first kappa shape index (κ1) is 19.2. The lowest BCUT2D eigenvalue weighted by atomic mass is 10.1. The summed E-state index contributed by atoms with van der Waals surface area (Å²) >= 11 is 4.40. The van der Waals surface area contributed by atoms with Crippen molar-refractivity contribution in [3.8, 4) is 0 Å². The molecule has 0 saturated carbocycles. The molecule has 4 aromatic rings. The van der Waals surface area contributed by atoms with Crippen LogP contribution in [0.5, 0.6) is 0 Å². The number of aromatic nitrogens is 1. The number of carbonyl (C=O) groups is 1. The van der Waals surface area contributed by atoms with Crippen molar-refractivity contribution in [2.75, 3.05) is 0 Å². The van der Waals surface area contributed by atoms with E-state index < -0.39 is 18.1 Å². The molecule has 3 aromatic heterocycles. The van der Waals surface area contributed by atoms with E-state index in [0.717, 1.165) is 20.0 Å². The van der Waals surface area contributed by atoms with E-state index in [2.05, 4.69) is 4.98 Å². The van der Waals surface area contributed by atoms with Crippen LogP contribution < -0.4 is 0 Å². The lowest BCUT2D eigenvalue weighted by Gasteiger charge is -2.26. The predicted octanol–water partition coefficient (Wildman–Crippen LogP) is 4.04. The standard InChI is InChI=1S/C20H18N2O3S3/c23-17(19-21-15-7-1-2-8-16(15)28-19)18(24)20(25)22(11-13-5-3-9-26-13)12-14-6-4-10-27-14/h1-10,17-18,23-24H,11-12H2. The monoisotopic (exact) mass is 430 g/mol. The summed E-state index contributed by atoms with van der Waals surface area (Å²) in [6, 6.07) is 15.3. The van der Waals surface area contributed by atoms with E-state index in [1.165, 1.54) is 11.3 Å². The highest BCUT2D eigenvalue weighted by Gasteiger charge is 2.32. The second-order valence-electron chi connectivity index (χ2n) is 6.26. The van der Waals surface area contributed by atoms with E-state index in [1.54, 1.807) is 27.6 Å². The van der Waals surface area contributed by atoms with Gasteiger partial charge in [-0.25, -0.2) is 4.98 Å². The summed E-state index contributed by atoms with van der Waals surface area (Å²) in [5.41, 5.74) is 0.746. The molecule has 144 valence electrons. The van der Waals surface area contributed by atoms with Crippen LogP contribution in [0.3, 0.4) is 0 Å². The van der Waals surface area contributed by atoms with Crippen molar-refractivity contribution in [1.29, 1.82) is 0 Å². The highest BCUT2D eigenvalue weighted by atomic mass is 32.1. The number of rotatable bonds is 7. The number of aliphatic hydroxyl groups excluding tert-OH is 2. The van der Waals surface area contributed by atoms with Gasteiger partial charge in [-0.3, -0.25) is 4.79 Å². The third-order valence-electron chi connectivity index (χ3n) is 4.28. The number of thiophene rings is 2. The van der Waals surface area contributed by atoms with E-state index in [0.29, 0.717) is 18.1 Å². The van der Waals surface area contributed by atoms with Crippen molar-refractivity contribution in [2.24, 2.45) is 0 Å². The van der Waals surface area contributed by atoms with Crippen LogP contribution >= 0.6 is 34.0 Å². The lowest BCUT2D eigenvalue weighted by molar-refractivity contribution is -0.147. The minimum Gasteiger partial charge on any atom is -0.383 e. The van der Waals surface area contributed by atoms with Crippen LogP contribution in [-0.4, -0.2) is 32.1 Å². The number of hydrogen-bond donors (Lipinski definition) is 2. The van der Waals surface area contributed by atoms with Gasteiger partial charge in [-0.15, -0.1) is 34.0 Å². The molecule has 3 heterocycles. The number of nitrogens with zero attached hydrogens (tertiary/aromatic N) is 2. The van der Waals surface area contributed by atoms with Crippen LogP contribution in [0.1, 0.15) is 20.9 Å². The quantitative estimate of drug-likeness (QED) is 0.464. The molecule has 0 fully saturated rings. The molecule has 2 N–H and O–H groups in total. The van der Waals surface area contributed by atoms with Crippen molar-refractivity contribution >= 4 is 50.1 Å². The highest BCUT2D eigenvalue weighted by Crippen LogP contribution is 2.29. The Kier molecular flexibility index (Phi) is 5.84. The topological polar surface area (TPSA) is 73.7 Å². The number of amides is 1. The molecule has 5 nitrogen and oxygen atoms in total. The summed E-state index contributed by atoms with van der Waals surface area (Å²) in [5, 5.41) is 25.5. The zero-order valence-electron chi connectivity index (χ0n) is 14.8. The molecule has 8 heteroatoms. The summed E-state index contributed by atoms with van der Waals surface area (Å²) in [6.07, 6.45) is -2.93. The smallest absolute Gasteiger partial charge is 0.255 e. The van der Waals surface area contributed by atoms with Crippen LogP contribution in [0.25, 0.3) is 10.2 Å². The molecule has 0 bridgehead atoms. The van der Waals surface area contributed by atoms with Gasteiger partial charge < -0.3 is 15.1 Å². The second kappa shape index (κ2) is 8.50. The Balaban J connectivity index is 1.55. The first-order valence-corrected chi connectivity index (χ1v) is 11.2. The SMILES string of the molecule is O=C(C(O)C(O)c1nc2ccccc2s1)N(Cc1cccs1)Cc1cccs1. The van der Waals surface area contributed by atoms with Gasteiger partial charge in [0.25, 0.3) is 5.91 Å². The molecular formula is C20H18N2O3S3. The number of aliphatic hydroxyl groups is 2. The predicted molar refractivity (Wildman–Crippen MR) is 113 cm³/mol. The van der Waals surface area contributed by atoms with Gasteiger partial charge in [-0.2, -0.15) is 0 Å². The van der Waals surface area contributed by atoms with Gasteiger partial charge in [0.15, 0.2) is 6.10 Å². The maximum atomic E-state index is 13.0. The van der Waals surface area contributed by atoms with Gasteiger partial charge in [-0.05, 0) is 35.0 Å². The van der Waals surface area contributed by atoms with E-state index in [1.807, 2.05) is 59.3 Å². The van der Waals surface area contributed by atoms with Crippen molar-refractivity contribution in [3.63, 3.8) is 0 Å². The maximum Gasteiger partial charge on any atom is 0.255 e. The van der Waals surface area contributed by atoms with Crippen molar-refractivity contribution in [3.05, 3.63) is 74.1 Å². The van der Waals surface area contributed by atoms with Gasteiger partial charge in [0, 0.05) is 9.75 Å². The molecular weight excluding hydrogens is 412 g/mol. The third kappa shape index (κ3) is 4.16. The fourth-order valence-corrected chi connectivity index (χ4v) is 5.29. The summed E-state index contributed by atoms with van der Waals surface area (Å²) in [4.78, 5) is 21.0. The summed E-state index contributed by atoms with van der Waals surface area (Å²) in [7, 11) is 0. The van der Waals surface area contributed by atoms with Crippen molar-refractivity contribution < 1.29 is 15.0 Å². The van der Waals surface area contributed by atoms with Crippen LogP contribution in [0.15, 0.2) is 59.3 Å². The lowest BCUT2D eigenvalue weighted by Crippen LogP contribution is -2.41. The Morgan fingerprint density at radius 2 is 1.61 bits per heavy atom. The zero-order chi connectivity index (χ0) is 19.5. The molecule has 1 aromatic carbocycles. The molecule has 0 aliphatic rings. The molecule has 4 rings (SSSR count). The van der Waals surface area contributed by atoms with Crippen molar-refractivity contribution in [1.82, 2.24) is 9.88 Å². The summed E-state index contributed by atoms with van der Waals surface area (Å²) in [6.45, 7) is 0.774. The summed E-state index contributed by atoms with van der Waals surface area (Å²) < 4.78 is 0.908. The molecule has 2 atom stereocenters. The van der Waals surface area contributed by atoms with Gasteiger partial charge in [0.05, 0.1) is 23.3 Å². The minimum absolute atomic E-state index is 0.342. The average molecular weight is 431 g/mol. The average Bonchev–Trinajstić information content (AvgIpc) is 3.46. The Bertz CT molecular complexity index is 975. The first-order chi connectivity index (χ1) is 13.6. The molecule has 1 amide bonds. The Morgan fingerprint density at radius 1 is 0.964 bits per heavy atom. The molecule has 0 aliphatic carbocycles. The van der Waals surface area contributed by atoms with Crippen LogP contribution in [0, 0.1) is 0 Å². The maximum absolute atomic E-state index is 13.0. The second-order valence-corrected chi connectivity index (χ2v) is 9.39. The molecule has 0 radical (unpaired) electrons. The molecule has 0 saturated heterocycles. The first-order valence-electron chi connectivity index (χ1n) is 8.67. The number of para-hydroxylation sites is 1. The molecule has 0 aliphatic heterocycles. The zero-order valence-corrected chi connectivity index (χ0v) is 17.2. The molecule has 0 spiro atoms. The van der Waals surface area contributed by atoms with Crippen molar-refractivity contribution in [2.45, 2.75) is 25.3 Å². The van der Waals surface area contributed by atoms with E-state index in [9.17, 15) is 15.0 Å². The van der Waals surface area contributed by atoms with Gasteiger partial charge in [0.2, 0.25) is 0 Å². The highest BCUT2D eigenvalue weighted by molar-refractivity contribution is 7.18. The normalized spacial score (nSPS) is 13.5. The largest absolute Gasteiger partial charge is 0.383 e. The fourth-order valence-electron chi connectivity index (χ4n) is 2.87. The summed E-state index contributed by atoms with van der Waals surface area (Å²) in [5.74, 6) is -0.506. The van der Waals surface area contributed by atoms with E-state index >= 15 is 0 Å². The van der Waals surface area contributed by atoms with Crippen LogP contribution in [0.2, 0.25) is 0 Å². The Morgan fingerprint density at radius 3 is 2.18 bits per heavy atom. The number of benzene rings is 1. The number of carbonyl (C=O) groups excluding carboxylic acids is 1. The van der Waals surface area contributed by atoms with Crippen LogP contribution in [-0.2, 0) is 17.9 Å². The van der Waals surface area contributed by atoms with E-state index in [4.69, 9.17) is 0 Å². The van der Waals surface area contributed by atoms with E-state index in [-0.39, 0.29) is 0 Å². The van der Waals surface area contributed by atoms with Gasteiger partial charge in [0.1, 0.15) is 11.1 Å². The van der Waals surface area contributed by atoms with Gasteiger partial charge >= 0.3 is 0 Å². The number of thiazole rings is 1. The van der Waals surface area contributed by atoms with Crippen LogP contribution in [0.4, 0.5) is 0 Å².